The molecule has 0 saturated carbocycles. The lowest BCUT2D eigenvalue weighted by Crippen LogP contribution is -2.22. The normalized spacial score (nSPS) is 21.6. The quantitative estimate of drug-likeness (QED) is 0.601. The Morgan fingerprint density at radius 3 is 2.68 bits per heavy atom. The monoisotopic (exact) mass is 350 g/mol. The number of cyclic esters (lactones) is 1. The summed E-state index contributed by atoms with van der Waals surface area (Å²) < 4.78 is 5.28. The fourth-order valence-electron chi connectivity index (χ4n) is 3.39. The van der Waals surface area contributed by atoms with Gasteiger partial charge in [-0.2, -0.15) is 0 Å². The van der Waals surface area contributed by atoms with Crippen LogP contribution in [-0.2, 0) is 14.9 Å². The van der Waals surface area contributed by atoms with Crippen molar-refractivity contribution >= 4 is 28.9 Å². The van der Waals surface area contributed by atoms with E-state index in [-0.39, 0.29) is 5.41 Å². The fourth-order valence-corrected chi connectivity index (χ4v) is 4.04. The molecule has 0 fully saturated rings. The first-order valence-corrected chi connectivity index (χ1v) is 8.97. The second-order valence-corrected chi connectivity index (χ2v) is 7.54. The van der Waals surface area contributed by atoms with E-state index in [4.69, 9.17) is 4.74 Å². The maximum Gasteiger partial charge on any atom is 0.363 e. The summed E-state index contributed by atoms with van der Waals surface area (Å²) in [5, 5.41) is 1.93. The summed E-state index contributed by atoms with van der Waals surface area (Å²) in [5.41, 5.74) is 3.78. The molecule has 0 bridgehead atoms. The molecule has 126 valence electrons. The highest BCUT2D eigenvalue weighted by molar-refractivity contribution is 7.12. The molecule has 3 heterocycles. The lowest BCUT2D eigenvalue weighted by molar-refractivity contribution is -0.130. The maximum absolute atomic E-state index is 12.1. The van der Waals surface area contributed by atoms with Gasteiger partial charge in [-0.3, -0.25) is 0 Å². The lowest BCUT2D eigenvalue weighted by Gasteiger charge is -2.23. The molecule has 0 N–H and O–H groups in total. The molecule has 4 rings (SSSR count). The number of fused-ring (bicyclic) bond motifs is 1. The third-order valence-electron chi connectivity index (χ3n) is 4.69. The number of hydrogen-bond donors (Lipinski definition) is 0. The molecule has 0 amide bonds. The Bertz CT molecular complexity index is 936. The molecule has 25 heavy (non-hydrogen) atoms. The minimum absolute atomic E-state index is 0.134. The number of hydrogen-bond acceptors (Lipinski definition) is 5. The maximum atomic E-state index is 12.1. The predicted octanol–water partition coefficient (Wildman–Crippen LogP) is 4.25. The van der Waals surface area contributed by atoms with E-state index in [0.717, 1.165) is 10.6 Å². The van der Waals surface area contributed by atoms with E-state index < -0.39 is 5.97 Å². The van der Waals surface area contributed by atoms with Gasteiger partial charge in [0.25, 0.3) is 0 Å². The van der Waals surface area contributed by atoms with E-state index in [1.807, 2.05) is 36.7 Å². The number of aliphatic imine (C=N–C) groups is 1. The van der Waals surface area contributed by atoms with Gasteiger partial charge in [-0.1, -0.05) is 38.1 Å². The minimum Gasteiger partial charge on any atom is -0.401 e. The predicted molar refractivity (Wildman–Crippen MR) is 101 cm³/mol. The SMILES string of the molecule is CN1C(=CC=C2N=C(c3cccs3)OC2=O)C(C)(C)c2ccccc21. The molecule has 0 atom stereocenters. The number of carbonyl (C=O) groups is 1. The van der Waals surface area contributed by atoms with Crippen LogP contribution >= 0.6 is 11.3 Å². The van der Waals surface area contributed by atoms with Gasteiger partial charge < -0.3 is 9.64 Å². The summed E-state index contributed by atoms with van der Waals surface area (Å²) in [6, 6.07) is 12.2. The van der Waals surface area contributed by atoms with Crippen molar-refractivity contribution in [3.63, 3.8) is 0 Å². The van der Waals surface area contributed by atoms with Gasteiger partial charge in [0.05, 0.1) is 4.88 Å². The molecule has 5 heteroatoms. The number of anilines is 1. The van der Waals surface area contributed by atoms with Crippen LogP contribution in [0.4, 0.5) is 5.69 Å². The first-order valence-electron chi connectivity index (χ1n) is 8.09. The van der Waals surface area contributed by atoms with Crippen molar-refractivity contribution in [3.8, 4) is 0 Å². The van der Waals surface area contributed by atoms with Crippen molar-refractivity contribution < 1.29 is 9.53 Å². The van der Waals surface area contributed by atoms with Crippen molar-refractivity contribution in [1.82, 2.24) is 0 Å². The van der Waals surface area contributed by atoms with Gasteiger partial charge in [-0.15, -0.1) is 11.3 Å². The summed E-state index contributed by atoms with van der Waals surface area (Å²) in [5.74, 6) is -0.0248. The molecular weight excluding hydrogens is 332 g/mol. The Balaban J connectivity index is 1.70. The van der Waals surface area contributed by atoms with E-state index in [2.05, 4.69) is 41.9 Å². The van der Waals surface area contributed by atoms with Gasteiger partial charge in [0.2, 0.25) is 5.90 Å². The van der Waals surface area contributed by atoms with Crippen LogP contribution < -0.4 is 4.90 Å². The molecule has 0 radical (unpaired) electrons. The standard InChI is InChI=1S/C20H18N2O2S/c1-20(2)13-7-4-5-8-15(13)22(3)17(20)11-10-14-19(23)24-18(21-14)16-9-6-12-25-16/h4-12H,1-3H3. The number of para-hydroxylation sites is 1. The first kappa shape index (κ1) is 15.8. The van der Waals surface area contributed by atoms with Crippen LogP contribution in [0.3, 0.4) is 0 Å². The zero-order valence-corrected chi connectivity index (χ0v) is 15.1. The third kappa shape index (κ3) is 2.51. The van der Waals surface area contributed by atoms with E-state index in [9.17, 15) is 4.79 Å². The third-order valence-corrected chi connectivity index (χ3v) is 5.55. The van der Waals surface area contributed by atoms with Crippen molar-refractivity contribution in [2.45, 2.75) is 19.3 Å². The first-order chi connectivity index (χ1) is 12.0. The number of benzene rings is 1. The zero-order valence-electron chi connectivity index (χ0n) is 14.3. The van der Waals surface area contributed by atoms with E-state index >= 15 is 0 Å². The van der Waals surface area contributed by atoms with Crippen LogP contribution in [0.2, 0.25) is 0 Å². The summed E-state index contributed by atoms with van der Waals surface area (Å²) in [6.07, 6.45) is 3.72. The van der Waals surface area contributed by atoms with Gasteiger partial charge in [0, 0.05) is 23.8 Å². The second kappa shape index (κ2) is 5.70. The van der Waals surface area contributed by atoms with Gasteiger partial charge in [-0.25, -0.2) is 9.79 Å². The molecule has 1 aromatic carbocycles. The van der Waals surface area contributed by atoms with Gasteiger partial charge in [0.1, 0.15) is 0 Å². The van der Waals surface area contributed by atoms with E-state index in [1.165, 1.54) is 22.6 Å². The molecule has 0 saturated heterocycles. The Kier molecular flexibility index (Phi) is 3.62. The topological polar surface area (TPSA) is 41.9 Å². The molecule has 4 nitrogen and oxygen atoms in total. The smallest absolute Gasteiger partial charge is 0.363 e. The number of esters is 1. The van der Waals surface area contributed by atoms with Gasteiger partial charge in [0.15, 0.2) is 5.70 Å². The molecule has 2 aromatic rings. The molecule has 0 spiro atoms. The Hall–Kier alpha value is -2.66. The molecular formula is C20H18N2O2S. The van der Waals surface area contributed by atoms with Gasteiger partial charge in [-0.05, 0) is 35.2 Å². The number of allylic oxidation sites excluding steroid dienone is 3. The van der Waals surface area contributed by atoms with Crippen LogP contribution in [0.1, 0.15) is 24.3 Å². The largest absolute Gasteiger partial charge is 0.401 e. The number of ether oxygens (including phenoxy) is 1. The average Bonchev–Trinajstić information content (AvgIpc) is 3.28. The summed E-state index contributed by atoms with van der Waals surface area (Å²) >= 11 is 1.50. The fraction of sp³-hybridized carbons (Fsp3) is 0.200. The number of likely N-dealkylation sites (N-methyl/N-ethyl adjacent to an activating group) is 1. The number of rotatable bonds is 2. The Morgan fingerprint density at radius 2 is 1.96 bits per heavy atom. The number of thiophene rings is 1. The minimum atomic E-state index is -0.406. The molecule has 0 aliphatic carbocycles. The Labute approximate surface area is 150 Å². The van der Waals surface area contributed by atoms with Crippen molar-refractivity contribution in [2.24, 2.45) is 4.99 Å². The average molecular weight is 350 g/mol. The van der Waals surface area contributed by atoms with Crippen molar-refractivity contribution in [1.29, 1.82) is 0 Å². The van der Waals surface area contributed by atoms with Crippen LogP contribution in [0, 0.1) is 0 Å². The van der Waals surface area contributed by atoms with Crippen LogP contribution in [0.25, 0.3) is 0 Å². The van der Waals surface area contributed by atoms with Gasteiger partial charge >= 0.3 is 5.97 Å². The highest BCUT2D eigenvalue weighted by atomic mass is 32.1. The Morgan fingerprint density at radius 1 is 1.16 bits per heavy atom. The van der Waals surface area contributed by atoms with E-state index in [0.29, 0.717) is 11.6 Å². The summed E-state index contributed by atoms with van der Waals surface area (Å²) in [7, 11) is 2.05. The molecule has 2 aliphatic heterocycles. The highest BCUT2D eigenvalue weighted by Crippen LogP contribution is 2.46. The number of nitrogens with zero attached hydrogens (tertiary/aromatic N) is 2. The lowest BCUT2D eigenvalue weighted by atomic mass is 9.84. The summed E-state index contributed by atoms with van der Waals surface area (Å²) in [4.78, 5) is 19.5. The van der Waals surface area contributed by atoms with E-state index in [1.54, 1.807) is 6.08 Å². The summed E-state index contributed by atoms with van der Waals surface area (Å²) in [6.45, 7) is 4.37. The highest BCUT2D eigenvalue weighted by Gasteiger charge is 2.38. The number of carbonyl (C=O) groups excluding carboxylic acids is 1. The van der Waals surface area contributed by atoms with Crippen LogP contribution in [0.5, 0.6) is 0 Å². The van der Waals surface area contributed by atoms with Crippen LogP contribution in [0.15, 0.2) is 70.3 Å². The molecule has 2 aliphatic rings. The second-order valence-electron chi connectivity index (χ2n) is 6.59. The van der Waals surface area contributed by atoms with Crippen molar-refractivity contribution in [3.05, 3.63) is 75.8 Å². The van der Waals surface area contributed by atoms with Crippen LogP contribution in [-0.4, -0.2) is 18.9 Å². The molecule has 0 unspecified atom stereocenters. The molecule has 1 aromatic heterocycles. The van der Waals surface area contributed by atoms with Crippen molar-refractivity contribution in [2.75, 3.05) is 11.9 Å². The zero-order chi connectivity index (χ0) is 17.6.